The summed E-state index contributed by atoms with van der Waals surface area (Å²) in [4.78, 5) is 0. The lowest BCUT2D eigenvalue weighted by Crippen LogP contribution is -2.21. The second kappa shape index (κ2) is 9.34. The summed E-state index contributed by atoms with van der Waals surface area (Å²) in [6, 6.07) is 24.1. The number of benzene rings is 3. The largest absolute Gasteiger partial charge is 0.496 e. The highest BCUT2D eigenvalue weighted by Crippen LogP contribution is 2.48. The van der Waals surface area contributed by atoms with Crippen LogP contribution in [0.15, 0.2) is 72.8 Å². The van der Waals surface area contributed by atoms with Gasteiger partial charge in [-0.05, 0) is 36.1 Å². The van der Waals surface area contributed by atoms with E-state index in [2.05, 4.69) is 56.3 Å². The first-order valence-corrected chi connectivity index (χ1v) is 10.8. The van der Waals surface area contributed by atoms with Crippen LogP contribution in [0.4, 0.5) is 4.39 Å². The molecule has 0 radical (unpaired) electrons. The summed E-state index contributed by atoms with van der Waals surface area (Å²) in [6.45, 7) is 4.43. The van der Waals surface area contributed by atoms with E-state index in [-0.39, 0.29) is 11.0 Å². The Morgan fingerprint density at radius 3 is 2.32 bits per heavy atom. The van der Waals surface area contributed by atoms with Gasteiger partial charge >= 0.3 is 0 Å². The van der Waals surface area contributed by atoms with Gasteiger partial charge in [0.15, 0.2) is 0 Å². The van der Waals surface area contributed by atoms with Crippen molar-refractivity contribution in [1.29, 1.82) is 0 Å². The lowest BCUT2D eigenvalue weighted by Gasteiger charge is -2.32. The Morgan fingerprint density at radius 1 is 0.929 bits per heavy atom. The molecular formula is C25H28FOP. The molecule has 2 unspecified atom stereocenters. The quantitative estimate of drug-likeness (QED) is 0.399. The van der Waals surface area contributed by atoms with Crippen molar-refractivity contribution in [2.24, 2.45) is 0 Å². The number of ether oxygens (including phenoxy) is 1. The van der Waals surface area contributed by atoms with Crippen LogP contribution in [0.2, 0.25) is 0 Å². The molecule has 0 aliphatic heterocycles. The molecule has 1 nitrogen and oxygen atoms in total. The van der Waals surface area contributed by atoms with Crippen LogP contribution in [0.3, 0.4) is 0 Å². The van der Waals surface area contributed by atoms with Gasteiger partial charge < -0.3 is 4.74 Å². The van der Waals surface area contributed by atoms with Crippen molar-refractivity contribution in [3.8, 4) is 5.75 Å². The first kappa shape index (κ1) is 20.6. The third kappa shape index (κ3) is 4.80. The Kier molecular flexibility index (Phi) is 6.86. The van der Waals surface area contributed by atoms with Crippen molar-refractivity contribution in [1.82, 2.24) is 0 Å². The second-order valence-corrected chi connectivity index (χ2v) is 9.28. The first-order valence-electron chi connectivity index (χ1n) is 9.80. The number of hydrogen-bond donors (Lipinski definition) is 0. The minimum absolute atomic E-state index is 0.123. The fraction of sp³-hybridized carbons (Fsp3) is 0.280. The molecule has 0 bridgehead atoms. The van der Waals surface area contributed by atoms with Crippen LogP contribution in [-0.4, -0.2) is 7.11 Å². The van der Waals surface area contributed by atoms with E-state index in [1.165, 1.54) is 16.7 Å². The molecule has 0 amide bonds. The Balaban J connectivity index is 2.00. The zero-order valence-electron chi connectivity index (χ0n) is 16.8. The Morgan fingerprint density at radius 2 is 1.64 bits per heavy atom. The topological polar surface area (TPSA) is 9.23 Å². The third-order valence-electron chi connectivity index (χ3n) is 5.14. The van der Waals surface area contributed by atoms with Gasteiger partial charge in [0, 0.05) is 16.0 Å². The number of rotatable bonds is 8. The molecule has 0 fully saturated rings. The zero-order chi connectivity index (χ0) is 20.0. The maximum atomic E-state index is 14.4. The normalized spacial score (nSPS) is 13.6. The van der Waals surface area contributed by atoms with Gasteiger partial charge in [0.05, 0.1) is 7.11 Å². The first-order chi connectivity index (χ1) is 13.6. The summed E-state index contributed by atoms with van der Waals surface area (Å²) in [5.74, 6) is 0.763. The molecule has 3 heteroatoms. The van der Waals surface area contributed by atoms with Crippen LogP contribution in [0.25, 0.3) is 0 Å². The molecule has 3 aromatic carbocycles. The van der Waals surface area contributed by atoms with Crippen molar-refractivity contribution in [3.05, 3.63) is 95.3 Å². The van der Waals surface area contributed by atoms with Crippen molar-refractivity contribution in [2.45, 2.75) is 38.3 Å². The minimum atomic E-state index is -0.172. The number of methoxy groups -OCH3 is 1. The van der Waals surface area contributed by atoms with E-state index in [9.17, 15) is 4.39 Å². The Bertz CT molecular complexity index is 909. The highest BCUT2D eigenvalue weighted by Gasteiger charge is 2.30. The molecule has 3 rings (SSSR count). The summed E-state index contributed by atoms with van der Waals surface area (Å²) in [7, 11) is 2.06. The summed E-state index contributed by atoms with van der Waals surface area (Å²) >= 11 is 0. The molecule has 28 heavy (non-hydrogen) atoms. The van der Waals surface area contributed by atoms with Crippen LogP contribution < -0.4 is 10.0 Å². The van der Waals surface area contributed by atoms with Crippen LogP contribution in [0.5, 0.6) is 5.75 Å². The van der Waals surface area contributed by atoms with E-state index < -0.39 is 0 Å². The molecular weight excluding hydrogens is 366 g/mol. The molecule has 2 atom stereocenters. The van der Waals surface area contributed by atoms with E-state index in [0.717, 1.165) is 30.3 Å². The van der Waals surface area contributed by atoms with Crippen LogP contribution in [0.1, 0.15) is 43.4 Å². The fourth-order valence-corrected chi connectivity index (χ4v) is 5.43. The standard InChI is InChI=1S/C25H28FOP/c1-4-16-25(2,28-24-13-9-8-12-22(24)26)21-18-20(14-15-23(21)27-3)17-19-10-6-5-7-11-19/h5-15,18,28H,4,16-17H2,1-3H3. The SMILES string of the molecule is CCCC(C)(Pc1ccccc1F)c1cc(Cc2ccccc2)ccc1OC. The smallest absolute Gasteiger partial charge is 0.130 e. The summed E-state index contributed by atoms with van der Waals surface area (Å²) in [6.07, 6.45) is 2.89. The van der Waals surface area contributed by atoms with Crippen LogP contribution >= 0.6 is 8.58 Å². The average Bonchev–Trinajstić information content (AvgIpc) is 2.71. The van der Waals surface area contributed by atoms with Crippen molar-refractivity contribution in [3.63, 3.8) is 0 Å². The van der Waals surface area contributed by atoms with Crippen LogP contribution in [0, 0.1) is 5.82 Å². The lowest BCUT2D eigenvalue weighted by molar-refractivity contribution is 0.401. The van der Waals surface area contributed by atoms with Crippen molar-refractivity contribution >= 4 is 13.9 Å². The molecule has 146 valence electrons. The molecule has 0 N–H and O–H groups in total. The average molecular weight is 394 g/mol. The molecule has 0 heterocycles. The predicted molar refractivity (Wildman–Crippen MR) is 119 cm³/mol. The van der Waals surface area contributed by atoms with E-state index in [1.807, 2.05) is 18.2 Å². The van der Waals surface area contributed by atoms with Gasteiger partial charge in [0.25, 0.3) is 0 Å². The van der Waals surface area contributed by atoms with Gasteiger partial charge in [-0.1, -0.05) is 89.5 Å². The zero-order valence-corrected chi connectivity index (χ0v) is 17.8. The molecule has 0 aliphatic carbocycles. The monoisotopic (exact) mass is 394 g/mol. The van der Waals surface area contributed by atoms with E-state index in [1.54, 1.807) is 19.2 Å². The van der Waals surface area contributed by atoms with Gasteiger partial charge in [-0.2, -0.15) is 0 Å². The Hall–Kier alpha value is -2.18. The van der Waals surface area contributed by atoms with Gasteiger partial charge in [-0.15, -0.1) is 0 Å². The van der Waals surface area contributed by atoms with Gasteiger partial charge in [-0.3, -0.25) is 0 Å². The fourth-order valence-electron chi connectivity index (χ4n) is 3.75. The summed E-state index contributed by atoms with van der Waals surface area (Å²) < 4.78 is 20.1. The summed E-state index contributed by atoms with van der Waals surface area (Å²) in [5, 5.41) is 0.614. The van der Waals surface area contributed by atoms with Crippen molar-refractivity contribution < 1.29 is 9.13 Å². The van der Waals surface area contributed by atoms with Crippen molar-refractivity contribution in [2.75, 3.05) is 7.11 Å². The molecule has 3 aromatic rings. The molecule has 0 aromatic heterocycles. The van der Waals surface area contributed by atoms with Crippen LogP contribution in [-0.2, 0) is 11.6 Å². The molecule has 0 spiro atoms. The molecule has 0 saturated heterocycles. The van der Waals surface area contributed by atoms with Gasteiger partial charge in [0.2, 0.25) is 0 Å². The van der Waals surface area contributed by atoms with E-state index >= 15 is 0 Å². The van der Waals surface area contributed by atoms with E-state index in [0.29, 0.717) is 8.58 Å². The van der Waals surface area contributed by atoms with Gasteiger partial charge in [0.1, 0.15) is 11.6 Å². The molecule has 0 saturated carbocycles. The highest BCUT2D eigenvalue weighted by atomic mass is 31.1. The maximum absolute atomic E-state index is 14.4. The second-order valence-electron chi connectivity index (χ2n) is 7.38. The predicted octanol–water partition coefficient (Wildman–Crippen LogP) is 6.44. The van der Waals surface area contributed by atoms with E-state index in [4.69, 9.17) is 4.74 Å². The summed E-state index contributed by atoms with van der Waals surface area (Å²) in [5.41, 5.74) is 3.71. The Labute approximate surface area is 169 Å². The van der Waals surface area contributed by atoms with Gasteiger partial charge in [-0.25, -0.2) is 4.39 Å². The minimum Gasteiger partial charge on any atom is -0.496 e. The lowest BCUT2D eigenvalue weighted by atomic mass is 9.91. The highest BCUT2D eigenvalue weighted by molar-refractivity contribution is 7.48. The maximum Gasteiger partial charge on any atom is 0.130 e. The number of hydrogen-bond acceptors (Lipinski definition) is 1. The third-order valence-corrected chi connectivity index (χ3v) is 6.89. The molecule has 0 aliphatic rings. The number of halogens is 1.